The Balaban J connectivity index is 2.12. The summed E-state index contributed by atoms with van der Waals surface area (Å²) in [6.45, 7) is 1.80. The van der Waals surface area contributed by atoms with Crippen molar-refractivity contribution in [3.05, 3.63) is 57.7 Å². The van der Waals surface area contributed by atoms with E-state index in [1.165, 1.54) is 30.7 Å². The largest absolute Gasteiger partial charge is 0.348 e. The number of H-pyrrole nitrogens is 1. The minimum absolute atomic E-state index is 0.0478. The number of nitro benzene ring substituents is 1. The Hall–Kier alpha value is -3.03. The second kappa shape index (κ2) is 5.74. The molecule has 0 radical (unpaired) electrons. The van der Waals surface area contributed by atoms with Crippen molar-refractivity contribution < 1.29 is 9.72 Å². The van der Waals surface area contributed by atoms with Gasteiger partial charge in [0.05, 0.1) is 17.5 Å². The van der Waals surface area contributed by atoms with Gasteiger partial charge in [-0.05, 0) is 13.0 Å². The lowest BCUT2D eigenvalue weighted by Crippen LogP contribution is -2.19. The van der Waals surface area contributed by atoms with Gasteiger partial charge in [-0.2, -0.15) is 5.10 Å². The van der Waals surface area contributed by atoms with Gasteiger partial charge >= 0.3 is 0 Å². The number of para-hydroxylation sites is 1. The number of rotatable bonds is 4. The molecule has 0 atom stereocenters. The number of aromatic nitrogens is 2. The van der Waals surface area contributed by atoms with Crippen LogP contribution in [0.4, 0.5) is 5.69 Å². The molecule has 0 unspecified atom stereocenters. The van der Waals surface area contributed by atoms with Crippen molar-refractivity contribution in [2.45, 2.75) is 6.92 Å². The maximum Gasteiger partial charge on any atom is 0.282 e. The summed E-state index contributed by atoms with van der Waals surface area (Å²) in [4.78, 5) is 28.8. The van der Waals surface area contributed by atoms with E-state index in [1.54, 1.807) is 13.0 Å². The number of amides is 1. The van der Waals surface area contributed by atoms with E-state index >= 15 is 0 Å². The summed E-state index contributed by atoms with van der Waals surface area (Å²) in [6, 6.07) is 5.66. The summed E-state index contributed by atoms with van der Waals surface area (Å²) in [7, 11) is 0. The molecule has 0 aliphatic rings. The normalized spacial score (nSPS) is 10.7. The van der Waals surface area contributed by atoms with Gasteiger partial charge in [-0.15, -0.1) is 0 Å². The third-order valence-corrected chi connectivity index (χ3v) is 2.57. The SMILES string of the molecule is Cc1[nH]cnc1C=NNC(=O)c1ccccc1[N+](=O)[O-]. The van der Waals surface area contributed by atoms with Gasteiger partial charge in [0.25, 0.3) is 11.6 Å². The maximum atomic E-state index is 11.8. The number of aryl methyl sites for hydroxylation is 1. The summed E-state index contributed by atoms with van der Waals surface area (Å²) in [5.74, 6) is -0.651. The van der Waals surface area contributed by atoms with E-state index in [0.717, 1.165) is 5.69 Å². The predicted octanol–water partition coefficient (Wildman–Crippen LogP) is 1.39. The summed E-state index contributed by atoms with van der Waals surface area (Å²) in [5.41, 5.74) is 3.29. The van der Waals surface area contributed by atoms with Crippen LogP contribution < -0.4 is 5.43 Å². The van der Waals surface area contributed by atoms with Crippen LogP contribution in [0.5, 0.6) is 0 Å². The Morgan fingerprint density at radius 1 is 1.50 bits per heavy atom. The molecule has 1 heterocycles. The zero-order valence-corrected chi connectivity index (χ0v) is 10.5. The highest BCUT2D eigenvalue weighted by molar-refractivity contribution is 5.98. The van der Waals surface area contributed by atoms with E-state index in [0.29, 0.717) is 5.69 Å². The molecule has 102 valence electrons. The first-order valence-electron chi connectivity index (χ1n) is 5.66. The molecule has 8 nitrogen and oxygen atoms in total. The minimum atomic E-state index is -0.651. The van der Waals surface area contributed by atoms with Crippen LogP contribution in [0.1, 0.15) is 21.7 Å². The number of imidazole rings is 1. The van der Waals surface area contributed by atoms with Gasteiger partial charge in [0, 0.05) is 11.8 Å². The zero-order chi connectivity index (χ0) is 14.5. The first-order valence-corrected chi connectivity index (χ1v) is 5.66. The number of hydrogen-bond acceptors (Lipinski definition) is 5. The van der Waals surface area contributed by atoms with Crippen LogP contribution in [-0.4, -0.2) is 27.0 Å². The van der Waals surface area contributed by atoms with Crippen LogP contribution in [-0.2, 0) is 0 Å². The third kappa shape index (κ3) is 2.86. The number of nitrogens with zero attached hydrogens (tertiary/aromatic N) is 3. The molecule has 8 heteroatoms. The summed E-state index contributed by atoms with van der Waals surface area (Å²) in [5, 5.41) is 14.5. The number of nitro groups is 1. The van der Waals surface area contributed by atoms with Gasteiger partial charge in [-0.1, -0.05) is 12.1 Å². The van der Waals surface area contributed by atoms with Crippen molar-refractivity contribution in [1.82, 2.24) is 15.4 Å². The summed E-state index contributed by atoms with van der Waals surface area (Å²) in [6.07, 6.45) is 2.86. The topological polar surface area (TPSA) is 113 Å². The number of benzene rings is 1. The lowest BCUT2D eigenvalue weighted by atomic mass is 10.2. The van der Waals surface area contributed by atoms with E-state index in [1.807, 2.05) is 0 Å². The molecule has 1 amide bonds. The second-order valence-corrected chi connectivity index (χ2v) is 3.89. The number of carbonyl (C=O) groups is 1. The van der Waals surface area contributed by atoms with Crippen LogP contribution in [0.25, 0.3) is 0 Å². The first kappa shape index (κ1) is 13.4. The average molecular weight is 273 g/mol. The highest BCUT2D eigenvalue weighted by Crippen LogP contribution is 2.17. The molecule has 2 aromatic rings. The molecular weight excluding hydrogens is 262 g/mol. The van der Waals surface area contributed by atoms with Gasteiger partial charge in [-0.25, -0.2) is 10.4 Å². The zero-order valence-electron chi connectivity index (χ0n) is 10.5. The second-order valence-electron chi connectivity index (χ2n) is 3.89. The van der Waals surface area contributed by atoms with Gasteiger partial charge < -0.3 is 4.98 Å². The van der Waals surface area contributed by atoms with Gasteiger partial charge in [-0.3, -0.25) is 14.9 Å². The van der Waals surface area contributed by atoms with Crippen molar-refractivity contribution in [3.63, 3.8) is 0 Å². The Morgan fingerprint density at radius 2 is 2.25 bits per heavy atom. The molecule has 0 bridgehead atoms. The molecule has 20 heavy (non-hydrogen) atoms. The number of nitrogens with one attached hydrogen (secondary N) is 2. The molecule has 0 aliphatic heterocycles. The lowest BCUT2D eigenvalue weighted by molar-refractivity contribution is -0.385. The molecule has 0 saturated carbocycles. The highest BCUT2D eigenvalue weighted by Gasteiger charge is 2.18. The van der Waals surface area contributed by atoms with Crippen LogP contribution >= 0.6 is 0 Å². The summed E-state index contributed by atoms with van der Waals surface area (Å²) < 4.78 is 0. The van der Waals surface area contributed by atoms with Crippen molar-refractivity contribution in [2.75, 3.05) is 0 Å². The monoisotopic (exact) mass is 273 g/mol. The lowest BCUT2D eigenvalue weighted by Gasteiger charge is -2.00. The van der Waals surface area contributed by atoms with E-state index in [9.17, 15) is 14.9 Å². The van der Waals surface area contributed by atoms with Crippen LogP contribution in [0.15, 0.2) is 35.7 Å². The van der Waals surface area contributed by atoms with Gasteiger partial charge in [0.1, 0.15) is 11.3 Å². The molecule has 1 aromatic heterocycles. The van der Waals surface area contributed by atoms with Crippen molar-refractivity contribution in [1.29, 1.82) is 0 Å². The Morgan fingerprint density at radius 3 is 2.90 bits per heavy atom. The molecule has 1 aromatic carbocycles. The van der Waals surface area contributed by atoms with Crippen molar-refractivity contribution in [3.8, 4) is 0 Å². The molecular formula is C12H11N5O3. The smallest absolute Gasteiger partial charge is 0.282 e. The molecule has 0 saturated heterocycles. The first-order chi connectivity index (χ1) is 9.59. The quantitative estimate of drug-likeness (QED) is 0.497. The molecule has 2 N–H and O–H groups in total. The number of hydrogen-bond donors (Lipinski definition) is 2. The van der Waals surface area contributed by atoms with E-state index in [4.69, 9.17) is 0 Å². The van der Waals surface area contributed by atoms with Crippen LogP contribution in [0.2, 0.25) is 0 Å². The predicted molar refractivity (Wildman–Crippen MR) is 71.5 cm³/mol. The van der Waals surface area contributed by atoms with E-state index < -0.39 is 10.8 Å². The molecule has 0 fully saturated rings. The van der Waals surface area contributed by atoms with E-state index in [2.05, 4.69) is 20.5 Å². The molecule has 0 aliphatic carbocycles. The van der Waals surface area contributed by atoms with Gasteiger partial charge in [0.2, 0.25) is 0 Å². The van der Waals surface area contributed by atoms with Crippen molar-refractivity contribution in [2.24, 2.45) is 5.10 Å². The number of hydrazone groups is 1. The third-order valence-electron chi connectivity index (χ3n) is 2.57. The van der Waals surface area contributed by atoms with Crippen LogP contribution in [0.3, 0.4) is 0 Å². The Labute approximate surface area is 113 Å². The Kier molecular flexibility index (Phi) is 3.85. The summed E-state index contributed by atoms with van der Waals surface area (Å²) >= 11 is 0. The standard InChI is InChI=1S/C12H11N5O3/c1-8-10(14-7-13-8)6-15-16-12(18)9-4-2-3-5-11(9)17(19)20/h2-7H,1H3,(H,13,14)(H,16,18). The maximum absolute atomic E-state index is 11.8. The van der Waals surface area contributed by atoms with E-state index in [-0.39, 0.29) is 11.3 Å². The highest BCUT2D eigenvalue weighted by atomic mass is 16.6. The number of carbonyl (C=O) groups excluding carboxylic acids is 1. The molecule has 0 spiro atoms. The van der Waals surface area contributed by atoms with Gasteiger partial charge in [0.15, 0.2) is 0 Å². The minimum Gasteiger partial charge on any atom is -0.348 e. The van der Waals surface area contributed by atoms with Crippen molar-refractivity contribution >= 4 is 17.8 Å². The van der Waals surface area contributed by atoms with Crippen LogP contribution in [0, 0.1) is 17.0 Å². The fraction of sp³-hybridized carbons (Fsp3) is 0.0833. The Bertz CT molecular complexity index is 677. The average Bonchev–Trinajstić information content (AvgIpc) is 2.84. The fourth-order valence-corrected chi connectivity index (χ4v) is 1.54. The fourth-order valence-electron chi connectivity index (χ4n) is 1.54. The molecule has 2 rings (SSSR count). The number of aromatic amines is 1.